The van der Waals surface area contributed by atoms with Crippen molar-refractivity contribution < 1.29 is 26.7 Å². The van der Waals surface area contributed by atoms with Crippen LogP contribution in [-0.4, -0.2) is 35.6 Å². The summed E-state index contributed by atoms with van der Waals surface area (Å²) in [6.45, 7) is 0. The molecule has 1 fully saturated rings. The first-order chi connectivity index (χ1) is 11.2. The van der Waals surface area contributed by atoms with Crippen LogP contribution >= 0.6 is 0 Å². The monoisotopic (exact) mass is 362 g/mol. The number of fused-ring (bicyclic) bond motifs is 1. The van der Waals surface area contributed by atoms with Crippen LogP contribution in [0.2, 0.25) is 0 Å². The summed E-state index contributed by atoms with van der Waals surface area (Å²) in [5.74, 6) is -1.36. The minimum absolute atomic E-state index is 0.0512. The molecule has 0 amide bonds. The molecule has 1 heterocycles. The lowest BCUT2D eigenvalue weighted by atomic mass is 9.88. The standard InChI is InChI=1S/C15H17F3N2O3S/c16-15(17,18)14(21)12-9-5-2-6-10-13(12)19-20(14)24(22,23)11-7-3-1-4-8-11/h1,3-4,7-8,12,21H,2,5-6,9-10H2/t12-,14-/m1/s1. The van der Waals surface area contributed by atoms with Crippen LogP contribution in [-0.2, 0) is 10.0 Å². The smallest absolute Gasteiger partial charge is 0.361 e. The van der Waals surface area contributed by atoms with Gasteiger partial charge in [-0.3, -0.25) is 0 Å². The molecule has 0 bridgehead atoms. The summed E-state index contributed by atoms with van der Waals surface area (Å²) in [5, 5.41) is 14.2. The molecule has 1 N–H and O–H groups in total. The van der Waals surface area contributed by atoms with Crippen molar-refractivity contribution in [2.75, 3.05) is 0 Å². The largest absolute Gasteiger partial charge is 0.439 e. The van der Waals surface area contributed by atoms with Crippen molar-refractivity contribution in [2.45, 2.75) is 48.9 Å². The Bertz CT molecular complexity index is 749. The highest BCUT2D eigenvalue weighted by molar-refractivity contribution is 7.89. The summed E-state index contributed by atoms with van der Waals surface area (Å²) in [5.41, 5.74) is -3.44. The predicted molar refractivity (Wildman–Crippen MR) is 80.5 cm³/mol. The third-order valence-corrected chi connectivity index (χ3v) is 6.19. The second-order valence-electron chi connectivity index (χ2n) is 6.03. The summed E-state index contributed by atoms with van der Waals surface area (Å²) in [4.78, 5) is -0.339. The molecule has 2 atom stereocenters. The molecule has 0 unspecified atom stereocenters. The number of alkyl halides is 3. The number of rotatable bonds is 2. The molecule has 1 aliphatic carbocycles. The van der Waals surface area contributed by atoms with E-state index in [1.54, 1.807) is 6.07 Å². The maximum Gasteiger partial charge on any atom is 0.439 e. The van der Waals surface area contributed by atoms with E-state index in [0.29, 0.717) is 12.8 Å². The molecule has 24 heavy (non-hydrogen) atoms. The Morgan fingerprint density at radius 2 is 1.83 bits per heavy atom. The van der Waals surface area contributed by atoms with E-state index in [9.17, 15) is 26.7 Å². The molecule has 0 radical (unpaired) electrons. The Hall–Kier alpha value is -1.61. The van der Waals surface area contributed by atoms with Crippen molar-refractivity contribution in [3.63, 3.8) is 0 Å². The van der Waals surface area contributed by atoms with Gasteiger partial charge in [-0.1, -0.05) is 31.0 Å². The van der Waals surface area contributed by atoms with Crippen LogP contribution < -0.4 is 0 Å². The number of benzene rings is 1. The fourth-order valence-corrected chi connectivity index (χ4v) is 4.80. The van der Waals surface area contributed by atoms with Gasteiger partial charge in [-0.2, -0.15) is 26.7 Å². The molecule has 9 heteroatoms. The Kier molecular flexibility index (Phi) is 4.11. The molecule has 1 aromatic rings. The first-order valence-electron chi connectivity index (χ1n) is 7.66. The molecule has 0 spiro atoms. The highest BCUT2D eigenvalue weighted by Gasteiger charge is 2.69. The van der Waals surface area contributed by atoms with Crippen LogP contribution in [0.3, 0.4) is 0 Å². The fraction of sp³-hybridized carbons (Fsp3) is 0.533. The van der Waals surface area contributed by atoms with Crippen LogP contribution in [0.5, 0.6) is 0 Å². The van der Waals surface area contributed by atoms with Crippen LogP contribution in [0, 0.1) is 5.92 Å². The van der Waals surface area contributed by atoms with Crippen molar-refractivity contribution in [2.24, 2.45) is 11.0 Å². The summed E-state index contributed by atoms with van der Waals surface area (Å²) < 4.78 is 66.4. The normalized spacial score (nSPS) is 28.2. The lowest BCUT2D eigenvalue weighted by Crippen LogP contribution is -2.60. The van der Waals surface area contributed by atoms with Gasteiger partial charge in [-0.05, 0) is 31.4 Å². The minimum atomic E-state index is -5.16. The molecule has 132 valence electrons. The van der Waals surface area contributed by atoms with Crippen molar-refractivity contribution in [3.8, 4) is 0 Å². The van der Waals surface area contributed by atoms with Crippen LogP contribution in [0.15, 0.2) is 40.3 Å². The second kappa shape index (κ2) is 5.73. The molecule has 0 saturated heterocycles. The Labute approximate surface area is 137 Å². The van der Waals surface area contributed by atoms with Gasteiger partial charge in [0.2, 0.25) is 0 Å². The number of aliphatic hydroxyl groups is 1. The molecular formula is C15H17F3N2O3S. The van der Waals surface area contributed by atoms with Crippen molar-refractivity contribution in [1.29, 1.82) is 0 Å². The summed E-state index contributed by atoms with van der Waals surface area (Å²) in [7, 11) is -4.62. The summed E-state index contributed by atoms with van der Waals surface area (Å²) in [6, 6.07) is 6.72. The zero-order valence-corrected chi connectivity index (χ0v) is 13.5. The highest BCUT2D eigenvalue weighted by atomic mass is 32.2. The summed E-state index contributed by atoms with van der Waals surface area (Å²) >= 11 is 0. The van der Waals surface area contributed by atoms with Gasteiger partial charge in [-0.15, -0.1) is 4.41 Å². The van der Waals surface area contributed by atoms with Crippen LogP contribution in [0.1, 0.15) is 32.1 Å². The van der Waals surface area contributed by atoms with E-state index in [4.69, 9.17) is 0 Å². The molecule has 2 aliphatic rings. The van der Waals surface area contributed by atoms with E-state index in [-0.39, 0.29) is 27.9 Å². The fourth-order valence-electron chi connectivity index (χ4n) is 3.29. The number of hydrogen-bond donors (Lipinski definition) is 1. The van der Waals surface area contributed by atoms with Crippen molar-refractivity contribution in [1.82, 2.24) is 4.41 Å². The minimum Gasteiger partial charge on any atom is -0.361 e. The van der Waals surface area contributed by atoms with E-state index >= 15 is 0 Å². The SMILES string of the molecule is O=S(=O)(c1ccccc1)N1N=C2CCCCC[C@H]2[C@@]1(O)C(F)(F)F. The van der Waals surface area contributed by atoms with E-state index in [2.05, 4.69) is 5.10 Å². The van der Waals surface area contributed by atoms with E-state index in [1.807, 2.05) is 0 Å². The number of sulfonamides is 1. The number of halogens is 3. The lowest BCUT2D eigenvalue weighted by molar-refractivity contribution is -0.306. The quantitative estimate of drug-likeness (QED) is 0.879. The average Bonchev–Trinajstić information content (AvgIpc) is 2.69. The molecule has 1 saturated carbocycles. The molecule has 5 nitrogen and oxygen atoms in total. The van der Waals surface area contributed by atoms with E-state index in [0.717, 1.165) is 6.42 Å². The topological polar surface area (TPSA) is 70.0 Å². The van der Waals surface area contributed by atoms with Gasteiger partial charge in [0.25, 0.3) is 15.7 Å². The van der Waals surface area contributed by atoms with Crippen LogP contribution in [0.4, 0.5) is 13.2 Å². The third kappa shape index (κ3) is 2.50. The average molecular weight is 362 g/mol. The van der Waals surface area contributed by atoms with E-state index < -0.39 is 27.8 Å². The molecule has 3 rings (SSSR count). The maximum atomic E-state index is 13.7. The van der Waals surface area contributed by atoms with Crippen molar-refractivity contribution in [3.05, 3.63) is 30.3 Å². The Morgan fingerprint density at radius 3 is 2.46 bits per heavy atom. The highest BCUT2D eigenvalue weighted by Crippen LogP contribution is 2.49. The molecule has 1 aliphatic heterocycles. The van der Waals surface area contributed by atoms with Gasteiger partial charge in [0.15, 0.2) is 0 Å². The van der Waals surface area contributed by atoms with E-state index in [1.165, 1.54) is 24.3 Å². The Balaban J connectivity index is 2.14. The first kappa shape index (κ1) is 17.2. The zero-order valence-electron chi connectivity index (χ0n) is 12.7. The number of nitrogens with zero attached hydrogens (tertiary/aromatic N) is 2. The zero-order chi connectivity index (χ0) is 17.6. The number of hydrazone groups is 1. The Morgan fingerprint density at radius 1 is 1.17 bits per heavy atom. The first-order valence-corrected chi connectivity index (χ1v) is 9.10. The van der Waals surface area contributed by atoms with Gasteiger partial charge in [-0.25, -0.2) is 0 Å². The second-order valence-corrected chi connectivity index (χ2v) is 7.80. The predicted octanol–water partition coefficient (Wildman–Crippen LogP) is 2.88. The summed E-state index contributed by atoms with van der Waals surface area (Å²) in [6.07, 6.45) is -3.01. The lowest BCUT2D eigenvalue weighted by Gasteiger charge is -2.37. The molecular weight excluding hydrogens is 345 g/mol. The van der Waals surface area contributed by atoms with Gasteiger partial charge in [0, 0.05) is 5.71 Å². The van der Waals surface area contributed by atoms with Gasteiger partial charge in [0.1, 0.15) is 0 Å². The third-order valence-electron chi connectivity index (χ3n) is 4.51. The number of hydrogen-bond acceptors (Lipinski definition) is 4. The molecule has 0 aromatic heterocycles. The van der Waals surface area contributed by atoms with Gasteiger partial charge >= 0.3 is 6.18 Å². The van der Waals surface area contributed by atoms with Crippen LogP contribution in [0.25, 0.3) is 0 Å². The van der Waals surface area contributed by atoms with Gasteiger partial charge < -0.3 is 5.11 Å². The van der Waals surface area contributed by atoms with Crippen molar-refractivity contribution >= 4 is 15.7 Å². The maximum absolute atomic E-state index is 13.7. The molecule has 1 aromatic carbocycles. The van der Waals surface area contributed by atoms with Gasteiger partial charge in [0.05, 0.1) is 10.8 Å².